The summed E-state index contributed by atoms with van der Waals surface area (Å²) in [5.41, 5.74) is 10.2. The Balaban J connectivity index is 1.29. The number of nitrogen functional groups attached to an aromatic ring is 1. The molecule has 1 aliphatic rings. The molecule has 0 aliphatic carbocycles. The summed E-state index contributed by atoms with van der Waals surface area (Å²) in [4.78, 5) is 18.6. The molecule has 3 aromatic heterocycles. The van der Waals surface area contributed by atoms with Crippen LogP contribution in [-0.2, 0) is 10.2 Å². The first kappa shape index (κ1) is 27.4. The van der Waals surface area contributed by atoms with Gasteiger partial charge in [-0.3, -0.25) is 4.68 Å². The normalized spacial score (nSPS) is 14.9. The molecule has 0 radical (unpaired) electrons. The maximum Gasteiger partial charge on any atom is 0.410 e. The monoisotopic (exact) mass is 543 g/mol. The number of hydrogen-bond acceptors (Lipinski definition) is 8. The van der Waals surface area contributed by atoms with E-state index in [2.05, 4.69) is 53.2 Å². The molecule has 0 saturated carbocycles. The first-order valence-corrected chi connectivity index (χ1v) is 13.6. The van der Waals surface area contributed by atoms with E-state index in [1.165, 1.54) is 5.56 Å². The van der Waals surface area contributed by atoms with Crippen LogP contribution in [0.2, 0.25) is 0 Å². The predicted molar refractivity (Wildman–Crippen MR) is 153 cm³/mol. The molecule has 0 bridgehead atoms. The molecule has 2 N–H and O–H groups in total. The fourth-order valence-corrected chi connectivity index (χ4v) is 4.69. The largest absolute Gasteiger partial charge is 0.444 e. The van der Waals surface area contributed by atoms with Crippen molar-refractivity contribution in [3.05, 3.63) is 54.5 Å². The number of amides is 1. The zero-order valence-electron chi connectivity index (χ0n) is 24.0. The lowest BCUT2D eigenvalue weighted by Gasteiger charge is -2.33. The number of piperidine rings is 1. The lowest BCUT2D eigenvalue weighted by Crippen LogP contribution is -2.42. The second-order valence-electron chi connectivity index (χ2n) is 12.3. The zero-order valence-corrected chi connectivity index (χ0v) is 24.0. The number of ether oxygens (including phenoxy) is 1. The van der Waals surface area contributed by atoms with Crippen molar-refractivity contribution in [3.63, 3.8) is 0 Å². The van der Waals surface area contributed by atoms with Crippen LogP contribution in [0, 0.1) is 0 Å². The van der Waals surface area contributed by atoms with Crippen LogP contribution in [0.5, 0.6) is 0 Å². The molecule has 1 amide bonds. The molecule has 10 heteroatoms. The van der Waals surface area contributed by atoms with Gasteiger partial charge in [0.05, 0.1) is 17.8 Å². The molecule has 5 rings (SSSR count). The van der Waals surface area contributed by atoms with Gasteiger partial charge in [0.2, 0.25) is 5.89 Å². The van der Waals surface area contributed by atoms with Crippen LogP contribution in [0.15, 0.2) is 53.3 Å². The van der Waals surface area contributed by atoms with Gasteiger partial charge < -0.3 is 19.8 Å². The van der Waals surface area contributed by atoms with Crippen LogP contribution >= 0.6 is 0 Å². The molecule has 0 spiro atoms. The number of pyridine rings is 1. The molecule has 0 atom stereocenters. The van der Waals surface area contributed by atoms with Crippen molar-refractivity contribution in [1.29, 1.82) is 0 Å². The molecule has 1 fully saturated rings. The Morgan fingerprint density at radius 3 is 2.27 bits per heavy atom. The van der Waals surface area contributed by atoms with Crippen molar-refractivity contribution < 1.29 is 13.9 Å². The van der Waals surface area contributed by atoms with Crippen molar-refractivity contribution in [1.82, 2.24) is 29.9 Å². The summed E-state index contributed by atoms with van der Waals surface area (Å²) in [5.74, 6) is 1.04. The Kier molecular flexibility index (Phi) is 7.12. The van der Waals surface area contributed by atoms with Gasteiger partial charge in [-0.1, -0.05) is 32.9 Å². The average molecular weight is 544 g/mol. The van der Waals surface area contributed by atoms with E-state index in [1.54, 1.807) is 11.1 Å². The van der Waals surface area contributed by atoms with Crippen LogP contribution in [-0.4, -0.2) is 54.6 Å². The number of hydrogen-bond donors (Lipinski definition) is 1. The maximum absolute atomic E-state index is 12.4. The number of likely N-dealkylation sites (tertiary alicyclic amines) is 1. The molecule has 210 valence electrons. The second kappa shape index (κ2) is 10.4. The summed E-state index contributed by atoms with van der Waals surface area (Å²) >= 11 is 0. The number of rotatable bonds is 4. The third-order valence-corrected chi connectivity index (χ3v) is 7.00. The maximum atomic E-state index is 12.4. The fraction of sp³-hybridized carbons (Fsp3) is 0.433. The molecule has 0 unspecified atom stereocenters. The van der Waals surface area contributed by atoms with Crippen molar-refractivity contribution in [2.24, 2.45) is 0 Å². The molecule has 40 heavy (non-hydrogen) atoms. The van der Waals surface area contributed by atoms with Crippen molar-refractivity contribution in [3.8, 4) is 34.0 Å². The Morgan fingerprint density at radius 2 is 1.62 bits per heavy atom. The van der Waals surface area contributed by atoms with E-state index in [0.717, 1.165) is 29.5 Å². The van der Waals surface area contributed by atoms with Gasteiger partial charge in [0.25, 0.3) is 5.89 Å². The number of nitrogens with zero attached hydrogens (tertiary/aromatic N) is 6. The number of carbonyl (C=O) groups excluding carboxylic acids is 1. The highest BCUT2D eigenvalue weighted by Crippen LogP contribution is 2.32. The van der Waals surface area contributed by atoms with E-state index in [0.29, 0.717) is 36.3 Å². The lowest BCUT2D eigenvalue weighted by atomic mass is 9.87. The van der Waals surface area contributed by atoms with Gasteiger partial charge in [0, 0.05) is 42.2 Å². The molecular formula is C30H37N7O3. The van der Waals surface area contributed by atoms with E-state index in [9.17, 15) is 4.79 Å². The number of nitrogens with two attached hydrogens (primary N) is 1. The summed E-state index contributed by atoms with van der Waals surface area (Å²) in [6.45, 7) is 13.4. The van der Waals surface area contributed by atoms with Crippen LogP contribution in [0.3, 0.4) is 0 Å². The average Bonchev–Trinajstić information content (AvgIpc) is 3.59. The van der Waals surface area contributed by atoms with Gasteiger partial charge in [-0.15, -0.1) is 10.2 Å². The third-order valence-electron chi connectivity index (χ3n) is 7.00. The van der Waals surface area contributed by atoms with Crippen molar-refractivity contribution in [2.45, 2.75) is 71.4 Å². The topological polar surface area (TPSA) is 125 Å². The van der Waals surface area contributed by atoms with Gasteiger partial charge >= 0.3 is 6.09 Å². The quantitative estimate of drug-likeness (QED) is 0.327. The van der Waals surface area contributed by atoms with E-state index >= 15 is 0 Å². The van der Waals surface area contributed by atoms with Crippen LogP contribution in [0.4, 0.5) is 10.6 Å². The number of anilines is 1. The number of aromatic nitrogens is 5. The first-order chi connectivity index (χ1) is 18.9. The van der Waals surface area contributed by atoms with Crippen LogP contribution < -0.4 is 5.73 Å². The molecule has 4 aromatic rings. The Morgan fingerprint density at radius 1 is 0.950 bits per heavy atom. The van der Waals surface area contributed by atoms with E-state index < -0.39 is 5.60 Å². The summed E-state index contributed by atoms with van der Waals surface area (Å²) in [6.07, 6.45) is 6.86. The fourth-order valence-electron chi connectivity index (χ4n) is 4.69. The Bertz CT molecular complexity index is 1480. The minimum absolute atomic E-state index is 0.0598. The van der Waals surface area contributed by atoms with Crippen LogP contribution in [0.25, 0.3) is 34.0 Å². The highest BCUT2D eigenvalue weighted by Gasteiger charge is 2.28. The van der Waals surface area contributed by atoms with Crippen molar-refractivity contribution in [2.75, 3.05) is 18.8 Å². The Hall–Kier alpha value is -4.21. The van der Waals surface area contributed by atoms with Crippen LogP contribution in [0.1, 0.15) is 66.0 Å². The van der Waals surface area contributed by atoms with Crippen molar-refractivity contribution >= 4 is 11.9 Å². The molecule has 1 saturated heterocycles. The smallest absolute Gasteiger partial charge is 0.410 e. The first-order valence-electron chi connectivity index (χ1n) is 13.6. The van der Waals surface area contributed by atoms with Gasteiger partial charge in [-0.2, -0.15) is 5.10 Å². The van der Waals surface area contributed by atoms with E-state index in [1.807, 2.05) is 56.0 Å². The Labute approximate surface area is 234 Å². The standard InChI is InChI=1S/C30H37N7O3/c1-29(2,3)22-9-7-19(8-10-22)26-34-35-27(39-26)24-15-20(16-32-25(24)31)21-17-33-37(18-21)23-11-13-36(14-12-23)28(38)40-30(4,5)6/h7-10,15-18,23H,11-14H2,1-6H3,(H2,31,32). The lowest BCUT2D eigenvalue weighted by molar-refractivity contribution is 0.0185. The highest BCUT2D eigenvalue weighted by atomic mass is 16.6. The summed E-state index contributed by atoms with van der Waals surface area (Å²) < 4.78 is 13.5. The predicted octanol–water partition coefficient (Wildman–Crippen LogP) is 6.11. The molecule has 4 heterocycles. The number of carbonyl (C=O) groups is 1. The van der Waals surface area contributed by atoms with Gasteiger partial charge in [0.1, 0.15) is 11.4 Å². The van der Waals surface area contributed by atoms with E-state index in [4.69, 9.17) is 14.9 Å². The summed E-state index contributed by atoms with van der Waals surface area (Å²) in [7, 11) is 0. The molecular weight excluding hydrogens is 506 g/mol. The van der Waals surface area contributed by atoms with Gasteiger partial charge in [0.15, 0.2) is 0 Å². The molecule has 1 aromatic carbocycles. The molecule has 1 aliphatic heterocycles. The minimum Gasteiger partial charge on any atom is -0.444 e. The third kappa shape index (κ3) is 6.00. The zero-order chi connectivity index (χ0) is 28.7. The molecule has 10 nitrogen and oxygen atoms in total. The van der Waals surface area contributed by atoms with Gasteiger partial charge in [-0.05, 0) is 62.8 Å². The summed E-state index contributed by atoms with van der Waals surface area (Å²) in [6, 6.07) is 10.2. The number of benzene rings is 1. The highest BCUT2D eigenvalue weighted by molar-refractivity contribution is 5.75. The second-order valence-corrected chi connectivity index (χ2v) is 12.3. The van der Waals surface area contributed by atoms with E-state index in [-0.39, 0.29) is 17.6 Å². The minimum atomic E-state index is -0.503. The SMILES string of the molecule is CC(C)(C)OC(=O)N1CCC(n2cc(-c3cnc(N)c(-c4nnc(-c5ccc(C(C)(C)C)cc5)o4)c3)cn2)CC1. The summed E-state index contributed by atoms with van der Waals surface area (Å²) in [5, 5.41) is 13.1. The van der Waals surface area contributed by atoms with Gasteiger partial charge in [-0.25, -0.2) is 9.78 Å².